The molecule has 0 heterocycles. The Hall–Kier alpha value is -1.51. The van der Waals surface area contributed by atoms with Gasteiger partial charge in [0, 0.05) is 18.0 Å². The van der Waals surface area contributed by atoms with Gasteiger partial charge in [0.2, 0.25) is 0 Å². The van der Waals surface area contributed by atoms with Crippen LogP contribution in [0.4, 0.5) is 0 Å². The van der Waals surface area contributed by atoms with Gasteiger partial charge in [0.25, 0.3) is 0 Å². The van der Waals surface area contributed by atoms with Crippen LogP contribution in [0.3, 0.4) is 0 Å². The van der Waals surface area contributed by atoms with E-state index in [0.717, 1.165) is 25.9 Å². The molecular formula is C13H20N4. The van der Waals surface area contributed by atoms with Gasteiger partial charge in [-0.25, -0.2) is 0 Å². The molecule has 0 atom stereocenters. The lowest BCUT2D eigenvalue weighted by Gasteiger charge is -2.04. The van der Waals surface area contributed by atoms with Gasteiger partial charge in [-0.15, -0.1) is 0 Å². The maximum absolute atomic E-state index is 8.10. The highest BCUT2D eigenvalue weighted by Gasteiger charge is 1.92. The van der Waals surface area contributed by atoms with Crippen molar-refractivity contribution in [1.82, 2.24) is 5.32 Å². The van der Waals surface area contributed by atoms with Crippen LogP contribution in [0.15, 0.2) is 35.4 Å². The molecule has 0 saturated heterocycles. The predicted octanol–water partition coefficient (Wildman–Crippen LogP) is 3.65. The van der Waals surface area contributed by atoms with Gasteiger partial charge in [0.15, 0.2) is 0 Å². The summed E-state index contributed by atoms with van der Waals surface area (Å²) < 4.78 is 0. The Morgan fingerprint density at radius 2 is 1.82 bits per heavy atom. The van der Waals surface area contributed by atoms with Gasteiger partial charge < -0.3 is 5.32 Å². The maximum atomic E-state index is 8.10. The number of hydrogen-bond donors (Lipinski definition) is 1. The number of hydrogen-bond acceptors (Lipinski definition) is 2. The summed E-state index contributed by atoms with van der Waals surface area (Å²) in [5.41, 5.74) is 9.42. The SMILES string of the molecule is [N-]=[N+]=NCCCCCCNCc1ccccc1. The third-order valence-electron chi connectivity index (χ3n) is 2.60. The van der Waals surface area contributed by atoms with E-state index >= 15 is 0 Å². The van der Waals surface area contributed by atoms with Crippen LogP contribution in [0.1, 0.15) is 31.2 Å². The first kappa shape index (κ1) is 13.6. The number of rotatable bonds is 9. The Morgan fingerprint density at radius 3 is 2.59 bits per heavy atom. The smallest absolute Gasteiger partial charge is 0.0257 e. The first-order valence-corrected chi connectivity index (χ1v) is 6.19. The van der Waals surface area contributed by atoms with Crippen molar-refractivity contribution in [1.29, 1.82) is 0 Å². The topological polar surface area (TPSA) is 60.8 Å². The Bertz CT molecular complexity index is 331. The van der Waals surface area contributed by atoms with E-state index in [1.54, 1.807) is 0 Å². The molecule has 0 unspecified atom stereocenters. The summed E-state index contributed by atoms with van der Waals surface area (Å²) in [7, 11) is 0. The van der Waals surface area contributed by atoms with Crippen molar-refractivity contribution in [2.24, 2.45) is 5.11 Å². The van der Waals surface area contributed by atoms with Crippen LogP contribution < -0.4 is 5.32 Å². The fourth-order valence-corrected chi connectivity index (χ4v) is 1.66. The molecule has 0 fully saturated rings. The van der Waals surface area contributed by atoms with E-state index in [0.29, 0.717) is 6.54 Å². The van der Waals surface area contributed by atoms with Gasteiger partial charge in [-0.05, 0) is 30.5 Å². The van der Waals surface area contributed by atoms with E-state index in [9.17, 15) is 0 Å². The molecule has 0 aliphatic carbocycles. The van der Waals surface area contributed by atoms with Crippen molar-refractivity contribution in [3.8, 4) is 0 Å². The largest absolute Gasteiger partial charge is 0.313 e. The molecule has 0 saturated carbocycles. The fourth-order valence-electron chi connectivity index (χ4n) is 1.66. The number of azide groups is 1. The van der Waals surface area contributed by atoms with Crippen LogP contribution in [-0.4, -0.2) is 13.1 Å². The summed E-state index contributed by atoms with van der Waals surface area (Å²) in [6, 6.07) is 10.4. The highest BCUT2D eigenvalue weighted by atomic mass is 15.1. The van der Waals surface area contributed by atoms with Gasteiger partial charge in [0.1, 0.15) is 0 Å². The van der Waals surface area contributed by atoms with Crippen LogP contribution >= 0.6 is 0 Å². The van der Waals surface area contributed by atoms with Crippen LogP contribution in [0.2, 0.25) is 0 Å². The van der Waals surface area contributed by atoms with Crippen molar-refractivity contribution in [3.05, 3.63) is 46.3 Å². The molecule has 4 nitrogen and oxygen atoms in total. The highest BCUT2D eigenvalue weighted by Crippen LogP contribution is 2.00. The quantitative estimate of drug-likeness (QED) is 0.300. The van der Waals surface area contributed by atoms with E-state index in [1.807, 2.05) is 6.07 Å². The molecule has 92 valence electrons. The van der Waals surface area contributed by atoms with Gasteiger partial charge >= 0.3 is 0 Å². The van der Waals surface area contributed by atoms with E-state index in [1.165, 1.54) is 18.4 Å². The molecule has 0 aliphatic heterocycles. The zero-order chi connectivity index (χ0) is 12.2. The Morgan fingerprint density at radius 1 is 1.06 bits per heavy atom. The molecule has 1 aromatic carbocycles. The third kappa shape index (κ3) is 7.39. The highest BCUT2D eigenvalue weighted by molar-refractivity contribution is 5.14. The summed E-state index contributed by atoms with van der Waals surface area (Å²) in [5, 5.41) is 6.93. The lowest BCUT2D eigenvalue weighted by atomic mass is 10.2. The maximum Gasteiger partial charge on any atom is 0.0257 e. The predicted molar refractivity (Wildman–Crippen MR) is 70.6 cm³/mol. The van der Waals surface area contributed by atoms with E-state index in [4.69, 9.17) is 5.53 Å². The minimum absolute atomic E-state index is 0.633. The fraction of sp³-hybridized carbons (Fsp3) is 0.538. The van der Waals surface area contributed by atoms with E-state index < -0.39 is 0 Å². The van der Waals surface area contributed by atoms with E-state index in [-0.39, 0.29) is 0 Å². The average molecular weight is 232 g/mol. The van der Waals surface area contributed by atoms with Crippen molar-refractivity contribution in [2.45, 2.75) is 32.2 Å². The van der Waals surface area contributed by atoms with Crippen LogP contribution in [0, 0.1) is 0 Å². The minimum Gasteiger partial charge on any atom is -0.313 e. The first-order valence-electron chi connectivity index (χ1n) is 6.19. The summed E-state index contributed by atoms with van der Waals surface area (Å²) in [6.45, 7) is 2.63. The molecular weight excluding hydrogens is 212 g/mol. The lowest BCUT2D eigenvalue weighted by molar-refractivity contribution is 0.590. The minimum atomic E-state index is 0.633. The third-order valence-corrected chi connectivity index (χ3v) is 2.60. The second-order valence-electron chi connectivity index (χ2n) is 4.03. The molecule has 0 bridgehead atoms. The Kier molecular flexibility index (Phi) is 7.73. The molecule has 0 spiro atoms. The number of benzene rings is 1. The molecule has 1 aromatic rings. The number of nitrogens with zero attached hydrogens (tertiary/aromatic N) is 3. The Labute approximate surface area is 103 Å². The molecule has 0 aliphatic rings. The molecule has 17 heavy (non-hydrogen) atoms. The van der Waals surface area contributed by atoms with Crippen molar-refractivity contribution >= 4 is 0 Å². The molecule has 0 aromatic heterocycles. The van der Waals surface area contributed by atoms with Crippen molar-refractivity contribution < 1.29 is 0 Å². The monoisotopic (exact) mass is 232 g/mol. The normalized spacial score (nSPS) is 9.88. The van der Waals surface area contributed by atoms with Crippen molar-refractivity contribution in [3.63, 3.8) is 0 Å². The zero-order valence-corrected chi connectivity index (χ0v) is 10.2. The Balaban J connectivity index is 1.89. The number of unbranched alkanes of at least 4 members (excludes halogenated alkanes) is 3. The van der Waals surface area contributed by atoms with Crippen molar-refractivity contribution in [2.75, 3.05) is 13.1 Å². The second-order valence-corrected chi connectivity index (χ2v) is 4.03. The average Bonchev–Trinajstić information content (AvgIpc) is 2.38. The van der Waals surface area contributed by atoms with Gasteiger partial charge in [-0.2, -0.15) is 0 Å². The number of nitrogens with one attached hydrogen (secondary N) is 1. The standard InChI is InChI=1S/C13H20N4/c14-17-16-11-7-2-1-6-10-15-12-13-8-4-3-5-9-13/h3-5,8-9,15H,1-2,6-7,10-12H2. The van der Waals surface area contributed by atoms with E-state index in [2.05, 4.69) is 39.6 Å². The van der Waals surface area contributed by atoms with Gasteiger partial charge in [-0.3, -0.25) is 0 Å². The van der Waals surface area contributed by atoms with Gasteiger partial charge in [0.05, 0.1) is 0 Å². The summed E-state index contributed by atoms with van der Waals surface area (Å²) >= 11 is 0. The van der Waals surface area contributed by atoms with Crippen LogP contribution in [0.5, 0.6) is 0 Å². The molecule has 1 rings (SSSR count). The first-order chi connectivity index (χ1) is 8.43. The van der Waals surface area contributed by atoms with Gasteiger partial charge in [-0.1, -0.05) is 48.3 Å². The molecule has 0 radical (unpaired) electrons. The molecule has 1 N–H and O–H groups in total. The lowest BCUT2D eigenvalue weighted by Crippen LogP contribution is -2.14. The van der Waals surface area contributed by atoms with Crippen LogP contribution in [0.25, 0.3) is 10.4 Å². The molecule has 0 amide bonds. The zero-order valence-electron chi connectivity index (χ0n) is 10.2. The molecule has 4 heteroatoms. The second kappa shape index (κ2) is 9.70. The summed E-state index contributed by atoms with van der Waals surface area (Å²) in [4.78, 5) is 2.73. The summed E-state index contributed by atoms with van der Waals surface area (Å²) in [6.07, 6.45) is 4.53. The van der Waals surface area contributed by atoms with Crippen LogP contribution in [-0.2, 0) is 6.54 Å². The summed E-state index contributed by atoms with van der Waals surface area (Å²) in [5.74, 6) is 0.